The van der Waals surface area contributed by atoms with E-state index >= 15 is 0 Å². The van der Waals surface area contributed by atoms with Crippen LogP contribution in [0.2, 0.25) is 0 Å². The highest BCUT2D eigenvalue weighted by molar-refractivity contribution is 9.10. The second-order valence-electron chi connectivity index (χ2n) is 5.17. The molecule has 2 heterocycles. The second kappa shape index (κ2) is 7.94. The van der Waals surface area contributed by atoms with Crippen LogP contribution < -0.4 is 5.32 Å². The Balaban J connectivity index is 0.000000880. The van der Waals surface area contributed by atoms with Crippen molar-refractivity contribution in [3.8, 4) is 11.3 Å². The molecule has 0 amide bonds. The maximum absolute atomic E-state index is 4.37. The number of hydrogen-bond donors (Lipinski definition) is 2. The van der Waals surface area contributed by atoms with Gasteiger partial charge in [-0.1, -0.05) is 60.1 Å². The lowest BCUT2D eigenvalue weighted by Gasteiger charge is -2.05. The summed E-state index contributed by atoms with van der Waals surface area (Å²) in [7, 11) is 0. The summed E-state index contributed by atoms with van der Waals surface area (Å²) in [6.07, 6.45) is 1.56. The number of anilines is 2. The van der Waals surface area contributed by atoms with Gasteiger partial charge in [0.1, 0.15) is 17.8 Å². The van der Waals surface area contributed by atoms with Gasteiger partial charge in [0.15, 0.2) is 0 Å². The smallest absolute Gasteiger partial charge is 0.143 e. The van der Waals surface area contributed by atoms with Crippen molar-refractivity contribution in [2.24, 2.45) is 0 Å². The van der Waals surface area contributed by atoms with Crippen LogP contribution in [-0.4, -0.2) is 15.0 Å². The third kappa shape index (κ3) is 3.88. The van der Waals surface area contributed by atoms with Gasteiger partial charge in [0.25, 0.3) is 0 Å². The summed E-state index contributed by atoms with van der Waals surface area (Å²) in [6.45, 7) is 4.00. The van der Waals surface area contributed by atoms with Crippen LogP contribution in [0.15, 0.2) is 71.5 Å². The lowest BCUT2D eigenvalue weighted by atomic mass is 10.1. The molecule has 2 N–H and O–H groups in total. The van der Waals surface area contributed by atoms with E-state index in [1.165, 1.54) is 0 Å². The molecule has 0 spiro atoms. The summed E-state index contributed by atoms with van der Waals surface area (Å²) in [4.78, 5) is 12.1. The minimum Gasteiger partial charge on any atom is -0.340 e. The normalized spacial score (nSPS) is 10.2. The second-order valence-corrected chi connectivity index (χ2v) is 6.08. The van der Waals surface area contributed by atoms with Gasteiger partial charge in [-0.05, 0) is 35.9 Å². The fourth-order valence-electron chi connectivity index (χ4n) is 2.48. The first-order valence-electron chi connectivity index (χ1n) is 8.21. The van der Waals surface area contributed by atoms with Gasteiger partial charge in [0.2, 0.25) is 0 Å². The predicted molar refractivity (Wildman–Crippen MR) is 108 cm³/mol. The van der Waals surface area contributed by atoms with Gasteiger partial charge in [-0.3, -0.25) is 0 Å². The Morgan fingerprint density at radius 1 is 0.920 bits per heavy atom. The van der Waals surface area contributed by atoms with E-state index in [-0.39, 0.29) is 0 Å². The summed E-state index contributed by atoms with van der Waals surface area (Å²) in [5, 5.41) is 4.31. The maximum Gasteiger partial charge on any atom is 0.143 e. The summed E-state index contributed by atoms with van der Waals surface area (Å²) in [5.74, 6) is 0.792. The van der Waals surface area contributed by atoms with Gasteiger partial charge < -0.3 is 10.3 Å². The Kier molecular flexibility index (Phi) is 5.46. The number of halogens is 1. The van der Waals surface area contributed by atoms with E-state index < -0.39 is 0 Å². The van der Waals surface area contributed by atoms with E-state index in [1.54, 1.807) is 6.33 Å². The number of nitrogens with one attached hydrogen (secondary N) is 2. The highest BCUT2D eigenvalue weighted by Crippen LogP contribution is 2.28. The molecule has 25 heavy (non-hydrogen) atoms. The molecule has 0 aliphatic rings. The van der Waals surface area contributed by atoms with E-state index in [9.17, 15) is 0 Å². The summed E-state index contributed by atoms with van der Waals surface area (Å²) < 4.78 is 1.06. The standard InChI is InChI=1S/C18H13BrN4.C2H6/c19-13-8-6-12(7-9-13)16-10-15-17(20-11-21-18(15)23-16)22-14-4-2-1-3-5-14;1-2/h1-11H,(H2,20,21,22,23);1-2H3. The molecule has 0 radical (unpaired) electrons. The average molecular weight is 395 g/mol. The van der Waals surface area contributed by atoms with Crippen molar-refractivity contribution in [1.82, 2.24) is 15.0 Å². The van der Waals surface area contributed by atoms with Crippen LogP contribution in [0.25, 0.3) is 22.3 Å². The number of benzene rings is 2. The van der Waals surface area contributed by atoms with Crippen LogP contribution in [0, 0.1) is 0 Å². The van der Waals surface area contributed by atoms with E-state index in [4.69, 9.17) is 0 Å². The number of H-pyrrole nitrogens is 1. The zero-order valence-electron chi connectivity index (χ0n) is 14.1. The van der Waals surface area contributed by atoms with E-state index in [1.807, 2.05) is 56.3 Å². The fourth-order valence-corrected chi connectivity index (χ4v) is 2.75. The van der Waals surface area contributed by atoms with E-state index in [0.29, 0.717) is 0 Å². The Morgan fingerprint density at radius 2 is 1.64 bits per heavy atom. The molecular formula is C20H19BrN4. The molecule has 0 saturated heterocycles. The van der Waals surface area contributed by atoms with Crippen LogP contribution in [0.1, 0.15) is 13.8 Å². The molecule has 126 valence electrons. The Morgan fingerprint density at radius 3 is 2.36 bits per heavy atom. The summed E-state index contributed by atoms with van der Waals surface area (Å²) in [5.41, 5.74) is 3.94. The monoisotopic (exact) mass is 394 g/mol. The lowest BCUT2D eigenvalue weighted by Crippen LogP contribution is -1.94. The van der Waals surface area contributed by atoms with Crippen LogP contribution in [0.4, 0.5) is 11.5 Å². The SMILES string of the molecule is Brc1ccc(-c2cc3c(Nc4ccccc4)ncnc3[nH]2)cc1.CC. The third-order valence-corrected chi connectivity index (χ3v) is 4.15. The van der Waals surface area contributed by atoms with Gasteiger partial charge in [-0.15, -0.1) is 0 Å². The molecular weight excluding hydrogens is 376 g/mol. The minimum atomic E-state index is 0.792. The molecule has 0 unspecified atom stereocenters. The van der Waals surface area contributed by atoms with Crippen molar-refractivity contribution in [1.29, 1.82) is 0 Å². The van der Waals surface area contributed by atoms with Gasteiger partial charge in [-0.25, -0.2) is 9.97 Å². The van der Waals surface area contributed by atoms with Gasteiger partial charge in [0, 0.05) is 15.9 Å². The van der Waals surface area contributed by atoms with E-state index in [0.717, 1.165) is 38.3 Å². The van der Waals surface area contributed by atoms with Gasteiger partial charge in [0.05, 0.1) is 5.39 Å². The molecule has 0 aliphatic carbocycles. The lowest BCUT2D eigenvalue weighted by molar-refractivity contribution is 1.20. The van der Waals surface area contributed by atoms with Crippen molar-refractivity contribution in [3.05, 3.63) is 71.5 Å². The van der Waals surface area contributed by atoms with Gasteiger partial charge >= 0.3 is 0 Å². The van der Waals surface area contributed by atoms with Crippen molar-refractivity contribution in [3.63, 3.8) is 0 Å². The summed E-state index contributed by atoms with van der Waals surface area (Å²) in [6, 6.07) is 20.2. The zero-order valence-corrected chi connectivity index (χ0v) is 15.7. The number of aromatic nitrogens is 3. The van der Waals surface area contributed by atoms with Crippen LogP contribution in [-0.2, 0) is 0 Å². The third-order valence-electron chi connectivity index (χ3n) is 3.62. The van der Waals surface area contributed by atoms with Crippen molar-refractivity contribution in [2.45, 2.75) is 13.8 Å². The first kappa shape index (κ1) is 17.2. The molecule has 0 bridgehead atoms. The van der Waals surface area contributed by atoms with Crippen LogP contribution in [0.5, 0.6) is 0 Å². The highest BCUT2D eigenvalue weighted by atomic mass is 79.9. The van der Waals surface area contributed by atoms with Crippen molar-refractivity contribution < 1.29 is 0 Å². The average Bonchev–Trinajstić information content (AvgIpc) is 3.10. The molecule has 0 saturated carbocycles. The Hall–Kier alpha value is -2.66. The molecule has 4 rings (SSSR count). The van der Waals surface area contributed by atoms with Crippen LogP contribution in [0.3, 0.4) is 0 Å². The molecule has 4 nitrogen and oxygen atoms in total. The molecule has 0 fully saturated rings. The number of fused-ring (bicyclic) bond motifs is 1. The quantitative estimate of drug-likeness (QED) is 0.437. The zero-order chi connectivity index (χ0) is 17.6. The van der Waals surface area contributed by atoms with Crippen molar-refractivity contribution in [2.75, 3.05) is 5.32 Å². The molecule has 0 aliphatic heterocycles. The number of nitrogens with zero attached hydrogens (tertiary/aromatic N) is 2. The number of rotatable bonds is 3. The first-order chi connectivity index (χ1) is 12.3. The first-order valence-corrected chi connectivity index (χ1v) is 9.00. The largest absolute Gasteiger partial charge is 0.340 e. The summed E-state index contributed by atoms with van der Waals surface area (Å²) >= 11 is 3.46. The fraction of sp³-hybridized carbons (Fsp3) is 0.100. The molecule has 0 atom stereocenters. The molecule has 4 aromatic rings. The van der Waals surface area contributed by atoms with Crippen LogP contribution >= 0.6 is 15.9 Å². The molecule has 2 aromatic carbocycles. The topological polar surface area (TPSA) is 53.6 Å². The number of para-hydroxylation sites is 1. The Labute approximate surface area is 155 Å². The minimum absolute atomic E-state index is 0.792. The highest BCUT2D eigenvalue weighted by Gasteiger charge is 2.09. The molecule has 2 aromatic heterocycles. The van der Waals surface area contributed by atoms with E-state index in [2.05, 4.69) is 54.4 Å². The maximum atomic E-state index is 4.37. The van der Waals surface area contributed by atoms with Gasteiger partial charge in [-0.2, -0.15) is 0 Å². The Bertz CT molecular complexity index is 947. The number of aromatic amines is 1. The number of hydrogen-bond acceptors (Lipinski definition) is 3. The molecule has 5 heteroatoms. The predicted octanol–water partition coefficient (Wildman–Crippen LogP) is 6.16. The van der Waals surface area contributed by atoms with Crippen molar-refractivity contribution >= 4 is 38.5 Å².